The lowest BCUT2D eigenvalue weighted by molar-refractivity contribution is 0.123. The van der Waals surface area contributed by atoms with Gasteiger partial charge in [-0.3, -0.25) is 4.52 Å². The van der Waals surface area contributed by atoms with Crippen LogP contribution in [0.25, 0.3) is 0 Å². The van der Waals surface area contributed by atoms with Crippen LogP contribution in [-0.4, -0.2) is 43.5 Å². The minimum Gasteiger partial charge on any atom is -0.382 e. The molecule has 0 spiro atoms. The van der Waals surface area contributed by atoms with Crippen molar-refractivity contribution in [1.29, 1.82) is 0 Å². The number of ether oxygens (including phenoxy) is 1. The summed E-state index contributed by atoms with van der Waals surface area (Å²) in [7, 11) is -0.483. The van der Waals surface area contributed by atoms with E-state index in [0.717, 1.165) is 25.7 Å². The van der Waals surface area contributed by atoms with Gasteiger partial charge in [-0.05, 0) is 19.4 Å². The monoisotopic (exact) mass is 281 g/mol. The predicted molar refractivity (Wildman–Crippen MR) is 73.6 cm³/mol. The molecule has 2 atom stereocenters. The van der Waals surface area contributed by atoms with Crippen LogP contribution < -0.4 is 0 Å². The highest BCUT2D eigenvalue weighted by atomic mass is 31.2. The van der Waals surface area contributed by atoms with Gasteiger partial charge in [-0.25, -0.2) is 9.24 Å². The maximum absolute atomic E-state index is 11.9. The van der Waals surface area contributed by atoms with Gasteiger partial charge in [0.15, 0.2) is 0 Å². The van der Waals surface area contributed by atoms with E-state index in [-0.39, 0.29) is 6.61 Å². The zero-order chi connectivity index (χ0) is 14.0. The second kappa shape index (κ2) is 9.93. The zero-order valence-corrected chi connectivity index (χ0v) is 13.0. The summed E-state index contributed by atoms with van der Waals surface area (Å²) in [6.45, 7) is 5.33. The summed E-state index contributed by atoms with van der Waals surface area (Å²) in [4.78, 5) is 9.78. The molecule has 0 saturated carbocycles. The van der Waals surface area contributed by atoms with Crippen molar-refractivity contribution in [2.45, 2.75) is 39.5 Å². The Morgan fingerprint density at radius 2 is 2.00 bits per heavy atom. The van der Waals surface area contributed by atoms with E-state index in [0.29, 0.717) is 19.1 Å². The van der Waals surface area contributed by atoms with E-state index in [1.165, 1.54) is 11.8 Å². The molecule has 0 rings (SSSR count). The first kappa shape index (κ1) is 18.1. The third-order valence-corrected chi connectivity index (χ3v) is 4.59. The normalized spacial score (nSPS) is 16.8. The minimum atomic E-state index is -3.66. The fourth-order valence-electron chi connectivity index (χ4n) is 1.73. The van der Waals surface area contributed by atoms with Crippen molar-refractivity contribution in [3.8, 4) is 0 Å². The van der Waals surface area contributed by atoms with Gasteiger partial charge in [0.2, 0.25) is 0 Å². The van der Waals surface area contributed by atoms with Gasteiger partial charge >= 0.3 is 7.75 Å². The number of unbranched alkanes of at least 4 members (excludes halogenated alkanes) is 1. The molecular weight excluding hydrogens is 253 g/mol. The first-order chi connectivity index (χ1) is 8.47. The summed E-state index contributed by atoms with van der Waals surface area (Å²) in [5, 5.41) is 0. The smallest absolute Gasteiger partial charge is 0.382 e. The summed E-state index contributed by atoms with van der Waals surface area (Å²) >= 11 is 0. The molecule has 18 heavy (non-hydrogen) atoms. The molecule has 0 aromatic carbocycles. The molecule has 0 saturated heterocycles. The largest absolute Gasteiger partial charge is 0.405 e. The molecule has 0 aromatic heterocycles. The highest BCUT2D eigenvalue weighted by molar-refractivity contribution is 7.50. The number of methoxy groups -OCH3 is 1. The SMILES string of the molecule is CCCCC(CC)CN(C)P(=O)(O)OCCOC. The number of hydrogen-bond donors (Lipinski definition) is 1. The molecule has 0 fully saturated rings. The van der Waals surface area contributed by atoms with Crippen LogP contribution in [0, 0.1) is 5.92 Å². The summed E-state index contributed by atoms with van der Waals surface area (Å²) in [6.07, 6.45) is 4.42. The average Bonchev–Trinajstić information content (AvgIpc) is 2.34. The lowest BCUT2D eigenvalue weighted by atomic mass is 10.00. The van der Waals surface area contributed by atoms with Gasteiger partial charge in [0.05, 0.1) is 13.2 Å². The van der Waals surface area contributed by atoms with Gasteiger partial charge in [-0.1, -0.05) is 33.1 Å². The van der Waals surface area contributed by atoms with Crippen molar-refractivity contribution in [3.63, 3.8) is 0 Å². The van der Waals surface area contributed by atoms with Crippen LogP contribution in [0.1, 0.15) is 39.5 Å². The van der Waals surface area contributed by atoms with E-state index in [9.17, 15) is 9.46 Å². The Balaban J connectivity index is 4.16. The first-order valence-electron chi connectivity index (χ1n) is 6.65. The molecule has 2 unspecified atom stereocenters. The van der Waals surface area contributed by atoms with Gasteiger partial charge in [0.25, 0.3) is 0 Å². The standard InChI is InChI=1S/C12H28NO4P/c1-5-7-8-12(6-2)11-13(3)18(14,15)17-10-9-16-4/h12H,5-11H2,1-4H3,(H,14,15). The van der Waals surface area contributed by atoms with Crippen molar-refractivity contribution in [2.75, 3.05) is 33.9 Å². The number of rotatable bonds is 11. The molecular formula is C12H28NO4P. The Bertz CT molecular complexity index is 250. The van der Waals surface area contributed by atoms with Crippen LogP contribution in [0.15, 0.2) is 0 Å². The third kappa shape index (κ3) is 7.49. The van der Waals surface area contributed by atoms with Crippen LogP contribution in [0.5, 0.6) is 0 Å². The second-order valence-corrected chi connectivity index (χ2v) is 6.50. The lowest BCUT2D eigenvalue weighted by Gasteiger charge is -2.26. The van der Waals surface area contributed by atoms with Crippen molar-refractivity contribution in [3.05, 3.63) is 0 Å². The molecule has 1 N–H and O–H groups in total. The minimum absolute atomic E-state index is 0.139. The van der Waals surface area contributed by atoms with Gasteiger partial charge < -0.3 is 9.63 Å². The zero-order valence-electron chi connectivity index (χ0n) is 12.1. The van der Waals surface area contributed by atoms with Crippen LogP contribution in [0.2, 0.25) is 0 Å². The topological polar surface area (TPSA) is 59.0 Å². The van der Waals surface area contributed by atoms with Gasteiger partial charge in [-0.15, -0.1) is 0 Å². The highest BCUT2D eigenvalue weighted by Crippen LogP contribution is 2.45. The van der Waals surface area contributed by atoms with Gasteiger partial charge in [0, 0.05) is 13.7 Å². The molecule has 0 aromatic rings. The van der Waals surface area contributed by atoms with Crippen molar-refractivity contribution >= 4 is 7.75 Å². The summed E-state index contributed by atoms with van der Waals surface area (Å²) in [5.41, 5.74) is 0. The summed E-state index contributed by atoms with van der Waals surface area (Å²) < 4.78 is 23.1. The number of nitrogens with zero attached hydrogens (tertiary/aromatic N) is 1. The quantitative estimate of drug-likeness (QED) is 0.466. The molecule has 0 aliphatic rings. The third-order valence-electron chi connectivity index (χ3n) is 3.04. The van der Waals surface area contributed by atoms with Crippen molar-refractivity contribution < 1.29 is 18.7 Å². The van der Waals surface area contributed by atoms with Crippen molar-refractivity contribution in [1.82, 2.24) is 4.67 Å². The average molecular weight is 281 g/mol. The fourth-order valence-corrected chi connectivity index (χ4v) is 2.68. The van der Waals surface area contributed by atoms with Gasteiger partial charge in [0.1, 0.15) is 0 Å². The van der Waals surface area contributed by atoms with E-state index in [1.54, 1.807) is 7.05 Å². The predicted octanol–water partition coefficient (Wildman–Crippen LogP) is 2.90. The van der Waals surface area contributed by atoms with E-state index in [4.69, 9.17) is 9.26 Å². The summed E-state index contributed by atoms with van der Waals surface area (Å²) in [5.74, 6) is 0.446. The Morgan fingerprint density at radius 3 is 2.50 bits per heavy atom. The van der Waals surface area contributed by atoms with Crippen LogP contribution in [0.4, 0.5) is 0 Å². The first-order valence-corrected chi connectivity index (χ1v) is 8.18. The van der Waals surface area contributed by atoms with Gasteiger partial charge in [-0.2, -0.15) is 0 Å². The molecule has 6 heteroatoms. The fraction of sp³-hybridized carbons (Fsp3) is 1.00. The Hall–Kier alpha value is 0.0700. The van der Waals surface area contributed by atoms with E-state index in [1.807, 2.05) is 0 Å². The number of hydrogen-bond acceptors (Lipinski definition) is 3. The van der Waals surface area contributed by atoms with Crippen LogP contribution >= 0.6 is 7.75 Å². The molecule has 5 nitrogen and oxygen atoms in total. The van der Waals surface area contributed by atoms with E-state index >= 15 is 0 Å². The molecule has 0 bridgehead atoms. The Kier molecular flexibility index (Phi) is 9.97. The summed E-state index contributed by atoms with van der Waals surface area (Å²) in [6, 6.07) is 0. The van der Waals surface area contributed by atoms with Crippen LogP contribution in [0.3, 0.4) is 0 Å². The molecule has 0 amide bonds. The second-order valence-electron chi connectivity index (χ2n) is 4.57. The Labute approximate surface area is 111 Å². The maximum atomic E-state index is 11.9. The molecule has 0 radical (unpaired) electrons. The van der Waals surface area contributed by atoms with Crippen LogP contribution in [-0.2, 0) is 13.8 Å². The lowest BCUT2D eigenvalue weighted by Crippen LogP contribution is -2.24. The van der Waals surface area contributed by atoms with E-state index in [2.05, 4.69) is 13.8 Å². The molecule has 110 valence electrons. The van der Waals surface area contributed by atoms with Crippen molar-refractivity contribution in [2.24, 2.45) is 5.92 Å². The molecule has 0 heterocycles. The highest BCUT2D eigenvalue weighted by Gasteiger charge is 2.27. The Morgan fingerprint density at radius 1 is 1.33 bits per heavy atom. The maximum Gasteiger partial charge on any atom is 0.405 e. The van der Waals surface area contributed by atoms with E-state index < -0.39 is 7.75 Å². The molecule has 0 aliphatic heterocycles. The molecule has 0 aliphatic carbocycles.